The van der Waals surface area contributed by atoms with E-state index >= 15 is 0 Å². The molecule has 13 heteroatoms. The number of carbonyl (C=O) groups is 3. The molecular formula is C33H33F3N6O4. The van der Waals surface area contributed by atoms with E-state index in [0.29, 0.717) is 17.9 Å². The molecule has 1 aromatic carbocycles. The molecular weight excluding hydrogens is 601 g/mol. The summed E-state index contributed by atoms with van der Waals surface area (Å²) in [6.07, 6.45) is -1.82. The summed E-state index contributed by atoms with van der Waals surface area (Å²) in [5.74, 6) is -1.98. The monoisotopic (exact) mass is 634 g/mol. The van der Waals surface area contributed by atoms with Crippen molar-refractivity contribution in [1.82, 2.24) is 14.9 Å². The minimum atomic E-state index is -4.66. The number of alkyl halides is 3. The predicted molar refractivity (Wildman–Crippen MR) is 164 cm³/mol. The summed E-state index contributed by atoms with van der Waals surface area (Å²) >= 11 is 0. The number of likely N-dealkylation sites (N-methyl/N-ethyl adjacent to an activating group) is 1. The lowest BCUT2D eigenvalue weighted by Gasteiger charge is -2.39. The highest BCUT2D eigenvalue weighted by molar-refractivity contribution is 6.10. The second-order valence-electron chi connectivity index (χ2n) is 12.0. The van der Waals surface area contributed by atoms with Crippen molar-refractivity contribution >= 4 is 34.9 Å². The SMILES string of the molecule is C=CC(=O)N1Cc2cc(CN3C[C@H]4CC(=O)N(c5cc(C(F)(F)F)cc(C)n5)[C@@H]4C(=O)N(C)c4cccc(C)c43)cnc2[C@H]1CO. The van der Waals surface area contributed by atoms with Crippen molar-refractivity contribution in [3.63, 3.8) is 0 Å². The third-order valence-corrected chi connectivity index (χ3v) is 8.97. The van der Waals surface area contributed by atoms with Crippen LogP contribution in [0.2, 0.25) is 0 Å². The van der Waals surface area contributed by atoms with E-state index in [-0.39, 0.29) is 43.5 Å². The summed E-state index contributed by atoms with van der Waals surface area (Å²) in [7, 11) is 1.60. The zero-order valence-electron chi connectivity index (χ0n) is 25.6. The summed E-state index contributed by atoms with van der Waals surface area (Å²) in [6, 6.07) is 7.56. The third-order valence-electron chi connectivity index (χ3n) is 8.97. The number of carbonyl (C=O) groups excluding carboxylic acids is 3. The van der Waals surface area contributed by atoms with Crippen LogP contribution in [0.15, 0.2) is 55.3 Å². The number of aliphatic hydroxyl groups is 1. The second-order valence-corrected chi connectivity index (χ2v) is 12.0. The number of halogens is 3. The van der Waals surface area contributed by atoms with Gasteiger partial charge in [0.15, 0.2) is 0 Å². The Morgan fingerprint density at radius 1 is 1.17 bits per heavy atom. The topological polar surface area (TPSA) is 110 Å². The Balaban J connectivity index is 1.40. The van der Waals surface area contributed by atoms with Gasteiger partial charge in [-0.1, -0.05) is 18.7 Å². The standard InChI is InChI=1S/C33H33F3N6O4/c1-5-27(44)41-16-21-10-20(13-37-29(21)25(41)17-43)14-40-15-22-11-28(45)42(26-12-23(33(34,35)36)9-19(3)38-26)31(22)32(46)39(4)24-8-6-7-18(2)30(24)40/h5-10,12-13,22,25,31,43H,1,11,14-17H2,2-4H3/t22-,25-,31+/m1/s1. The van der Waals surface area contributed by atoms with Gasteiger partial charge in [-0.25, -0.2) is 4.98 Å². The summed E-state index contributed by atoms with van der Waals surface area (Å²) in [6.45, 7) is 7.46. The number of anilines is 3. The fraction of sp³-hybridized carbons (Fsp3) is 0.364. The molecule has 2 aromatic heterocycles. The molecule has 0 radical (unpaired) electrons. The number of nitrogens with zero attached hydrogens (tertiary/aromatic N) is 6. The molecule has 0 saturated carbocycles. The maximum atomic E-state index is 14.1. The molecule has 0 aliphatic carbocycles. The third kappa shape index (κ3) is 5.27. The lowest BCUT2D eigenvalue weighted by atomic mass is 9.94. The van der Waals surface area contributed by atoms with Crippen LogP contribution in [0.5, 0.6) is 0 Å². The lowest BCUT2D eigenvalue weighted by molar-refractivity contribution is -0.137. The zero-order chi connectivity index (χ0) is 33.1. The summed E-state index contributed by atoms with van der Waals surface area (Å²) in [5.41, 5.74) is 3.61. The Morgan fingerprint density at radius 3 is 2.63 bits per heavy atom. The number of hydrogen-bond donors (Lipinski definition) is 1. The molecule has 1 N–H and O–H groups in total. The number of amides is 3. The van der Waals surface area contributed by atoms with Crippen LogP contribution >= 0.6 is 0 Å². The zero-order valence-corrected chi connectivity index (χ0v) is 25.6. The molecule has 6 rings (SSSR count). The Hall–Kier alpha value is -4.78. The fourth-order valence-corrected chi connectivity index (χ4v) is 6.92. The van der Waals surface area contributed by atoms with Crippen molar-refractivity contribution in [2.75, 3.05) is 34.9 Å². The normalized spacial score (nSPS) is 21.2. The second kappa shape index (κ2) is 11.5. The van der Waals surface area contributed by atoms with E-state index in [2.05, 4.69) is 21.4 Å². The highest BCUT2D eigenvalue weighted by Crippen LogP contribution is 2.42. The van der Waals surface area contributed by atoms with Crippen molar-refractivity contribution in [2.24, 2.45) is 5.92 Å². The van der Waals surface area contributed by atoms with Crippen molar-refractivity contribution in [3.05, 3.63) is 88.9 Å². The van der Waals surface area contributed by atoms with Gasteiger partial charge < -0.3 is 19.8 Å². The Kier molecular flexibility index (Phi) is 7.83. The number of aryl methyl sites for hydroxylation is 2. The van der Waals surface area contributed by atoms with E-state index in [9.17, 15) is 32.7 Å². The number of para-hydroxylation sites is 1. The van der Waals surface area contributed by atoms with E-state index in [1.54, 1.807) is 19.3 Å². The van der Waals surface area contributed by atoms with E-state index in [1.165, 1.54) is 22.8 Å². The number of rotatable bonds is 5. The quantitative estimate of drug-likeness (QED) is 0.422. The maximum absolute atomic E-state index is 14.1. The van der Waals surface area contributed by atoms with Crippen LogP contribution in [0, 0.1) is 19.8 Å². The number of pyridine rings is 2. The number of benzene rings is 1. The van der Waals surface area contributed by atoms with E-state index < -0.39 is 41.6 Å². The minimum absolute atomic E-state index is 0.0574. The molecule has 3 amide bonds. The van der Waals surface area contributed by atoms with Crippen LogP contribution in [0.3, 0.4) is 0 Å². The largest absolute Gasteiger partial charge is 0.416 e. The summed E-state index contributed by atoms with van der Waals surface area (Å²) in [4.78, 5) is 55.1. The summed E-state index contributed by atoms with van der Waals surface area (Å²) < 4.78 is 41.2. The smallest absolute Gasteiger partial charge is 0.394 e. The first-order chi connectivity index (χ1) is 21.8. The van der Waals surface area contributed by atoms with Gasteiger partial charge in [0.05, 0.1) is 35.3 Å². The first-order valence-corrected chi connectivity index (χ1v) is 14.8. The van der Waals surface area contributed by atoms with Gasteiger partial charge in [0.1, 0.15) is 11.9 Å². The molecule has 1 fully saturated rings. The van der Waals surface area contributed by atoms with Crippen LogP contribution < -0.4 is 14.7 Å². The summed E-state index contributed by atoms with van der Waals surface area (Å²) in [5, 5.41) is 9.98. The number of hydrogen-bond acceptors (Lipinski definition) is 7. The van der Waals surface area contributed by atoms with Gasteiger partial charge >= 0.3 is 6.18 Å². The predicted octanol–water partition coefficient (Wildman–Crippen LogP) is 4.08. The minimum Gasteiger partial charge on any atom is -0.394 e. The first kappa shape index (κ1) is 31.2. The number of fused-ring (bicyclic) bond motifs is 3. The number of aliphatic hydroxyl groups excluding tert-OH is 1. The molecule has 5 heterocycles. The molecule has 240 valence electrons. The van der Waals surface area contributed by atoms with Crippen molar-refractivity contribution in [2.45, 2.75) is 51.6 Å². The fourth-order valence-electron chi connectivity index (χ4n) is 6.92. The van der Waals surface area contributed by atoms with Crippen LogP contribution in [0.1, 0.15) is 46.1 Å². The first-order valence-electron chi connectivity index (χ1n) is 14.8. The van der Waals surface area contributed by atoms with Crippen LogP contribution in [0.25, 0.3) is 0 Å². The van der Waals surface area contributed by atoms with Gasteiger partial charge in [0.25, 0.3) is 0 Å². The molecule has 3 aliphatic rings. The van der Waals surface area contributed by atoms with Crippen LogP contribution in [0.4, 0.5) is 30.4 Å². The molecule has 0 bridgehead atoms. The van der Waals surface area contributed by atoms with Gasteiger partial charge in [-0.2, -0.15) is 13.2 Å². The highest BCUT2D eigenvalue weighted by Gasteiger charge is 2.49. The molecule has 1 saturated heterocycles. The molecule has 0 spiro atoms. The van der Waals surface area contributed by atoms with Gasteiger partial charge in [0.2, 0.25) is 17.7 Å². The lowest BCUT2D eigenvalue weighted by Crippen LogP contribution is -2.52. The Bertz CT molecular complexity index is 1760. The Morgan fingerprint density at radius 2 is 1.93 bits per heavy atom. The van der Waals surface area contributed by atoms with E-state index in [1.807, 2.05) is 25.1 Å². The van der Waals surface area contributed by atoms with Gasteiger partial charge in [-0.05, 0) is 60.9 Å². The maximum Gasteiger partial charge on any atom is 0.416 e. The molecule has 46 heavy (non-hydrogen) atoms. The molecule has 10 nitrogen and oxygen atoms in total. The van der Waals surface area contributed by atoms with Crippen molar-refractivity contribution in [3.8, 4) is 0 Å². The molecule has 0 unspecified atom stereocenters. The van der Waals surface area contributed by atoms with Gasteiger partial charge in [-0.3, -0.25) is 24.3 Å². The van der Waals surface area contributed by atoms with E-state index in [4.69, 9.17) is 0 Å². The highest BCUT2D eigenvalue weighted by atomic mass is 19.4. The molecule has 3 aliphatic heterocycles. The van der Waals surface area contributed by atoms with Crippen LogP contribution in [-0.2, 0) is 33.6 Å². The molecule has 3 atom stereocenters. The van der Waals surface area contributed by atoms with Gasteiger partial charge in [-0.15, -0.1) is 0 Å². The average molecular weight is 635 g/mol. The number of aromatic nitrogens is 2. The molecule has 3 aromatic rings. The van der Waals surface area contributed by atoms with Crippen molar-refractivity contribution < 1.29 is 32.7 Å². The van der Waals surface area contributed by atoms with Crippen molar-refractivity contribution in [1.29, 1.82) is 0 Å². The van der Waals surface area contributed by atoms with Crippen LogP contribution in [-0.4, -0.2) is 63.9 Å². The van der Waals surface area contributed by atoms with E-state index in [0.717, 1.165) is 39.4 Å². The Labute approximate surface area is 263 Å². The van der Waals surface area contributed by atoms with Gasteiger partial charge in [0, 0.05) is 50.9 Å². The average Bonchev–Trinajstić information content (AvgIpc) is 3.54.